The summed E-state index contributed by atoms with van der Waals surface area (Å²) in [4.78, 5) is 3.86. The number of benzene rings is 5. The topological polar surface area (TPSA) is 15.8 Å². The lowest BCUT2D eigenvalue weighted by molar-refractivity contribution is 0.591. The fourth-order valence-corrected chi connectivity index (χ4v) is 7.08. The van der Waals surface area contributed by atoms with Crippen LogP contribution in [0.3, 0.4) is 0 Å². The maximum Gasteiger partial charge on any atom is 0.0474 e. The summed E-state index contributed by atoms with van der Waals surface area (Å²) in [7, 11) is 0. The molecule has 6 aromatic rings. The number of H-pyrrole nitrogens is 1. The van der Waals surface area contributed by atoms with Crippen molar-refractivity contribution in [2.75, 3.05) is 0 Å². The van der Waals surface area contributed by atoms with Crippen molar-refractivity contribution in [2.45, 2.75) is 38.0 Å². The summed E-state index contributed by atoms with van der Waals surface area (Å²) in [6, 6.07) is 38.7. The molecule has 0 unspecified atom stereocenters. The van der Waals surface area contributed by atoms with E-state index < -0.39 is 0 Å². The van der Waals surface area contributed by atoms with Crippen LogP contribution in [-0.2, 0) is 5.41 Å². The van der Waals surface area contributed by atoms with Crippen molar-refractivity contribution in [2.24, 2.45) is 0 Å². The maximum absolute atomic E-state index is 3.86. The van der Waals surface area contributed by atoms with E-state index in [2.05, 4.69) is 129 Å². The van der Waals surface area contributed by atoms with E-state index in [1.165, 1.54) is 71.9 Å². The van der Waals surface area contributed by atoms with Crippen molar-refractivity contribution in [3.63, 3.8) is 0 Å². The van der Waals surface area contributed by atoms with Gasteiger partial charge in [-0.2, -0.15) is 0 Å². The Morgan fingerprint density at radius 1 is 0.568 bits per heavy atom. The fraction of sp³-hybridized carbons (Fsp3) is 0.167. The van der Waals surface area contributed by atoms with E-state index in [4.69, 9.17) is 0 Å². The molecule has 3 aliphatic carbocycles. The molecule has 5 aromatic carbocycles. The van der Waals surface area contributed by atoms with E-state index >= 15 is 0 Å². The Bertz CT molecular complexity index is 1820. The Balaban J connectivity index is 1.55. The lowest BCUT2D eigenvalue weighted by Crippen LogP contribution is -2.28. The Morgan fingerprint density at radius 3 is 1.73 bits per heavy atom. The van der Waals surface area contributed by atoms with Gasteiger partial charge in [-0.25, -0.2) is 0 Å². The maximum atomic E-state index is 3.86. The number of aromatic nitrogens is 1. The first-order valence-electron chi connectivity index (χ1n) is 13.4. The molecule has 0 aliphatic heterocycles. The highest BCUT2D eigenvalue weighted by Gasteiger charge is 2.43. The van der Waals surface area contributed by atoms with Crippen LogP contribution in [0.4, 0.5) is 0 Å². The second-order valence-corrected chi connectivity index (χ2v) is 11.8. The van der Waals surface area contributed by atoms with Gasteiger partial charge in [-0.15, -0.1) is 0 Å². The van der Waals surface area contributed by atoms with Gasteiger partial charge in [0.05, 0.1) is 0 Å². The zero-order valence-electron chi connectivity index (χ0n) is 21.5. The summed E-state index contributed by atoms with van der Waals surface area (Å²) in [5.41, 5.74) is 15.4. The van der Waals surface area contributed by atoms with Crippen molar-refractivity contribution in [3.05, 3.63) is 142 Å². The smallest absolute Gasteiger partial charge is 0.0474 e. The predicted molar refractivity (Wildman–Crippen MR) is 155 cm³/mol. The highest BCUT2D eigenvalue weighted by atomic mass is 14.7. The molecule has 0 fully saturated rings. The normalized spacial score (nSPS) is 17.6. The van der Waals surface area contributed by atoms with Crippen molar-refractivity contribution in [1.29, 1.82) is 0 Å². The van der Waals surface area contributed by atoms with E-state index in [0.717, 1.165) is 0 Å². The molecule has 37 heavy (non-hydrogen) atoms. The van der Waals surface area contributed by atoms with Gasteiger partial charge in [0, 0.05) is 33.6 Å². The second kappa shape index (κ2) is 7.23. The molecule has 178 valence electrons. The Morgan fingerprint density at radius 2 is 1.14 bits per heavy atom. The van der Waals surface area contributed by atoms with Crippen LogP contribution in [0.1, 0.15) is 71.6 Å². The van der Waals surface area contributed by atoms with E-state index in [1.807, 2.05) is 0 Å². The molecule has 1 heteroatoms. The first-order chi connectivity index (χ1) is 18.0. The van der Waals surface area contributed by atoms with Crippen LogP contribution in [0.25, 0.3) is 32.9 Å². The monoisotopic (exact) mass is 475 g/mol. The molecule has 1 nitrogen and oxygen atoms in total. The minimum Gasteiger partial charge on any atom is -0.354 e. The summed E-state index contributed by atoms with van der Waals surface area (Å²) in [5.74, 6) is 0.477. The quantitative estimate of drug-likeness (QED) is 0.243. The molecule has 2 bridgehead atoms. The van der Waals surface area contributed by atoms with Crippen molar-refractivity contribution in [3.8, 4) is 11.1 Å². The molecule has 0 radical (unpaired) electrons. The minimum atomic E-state index is 0.108. The zero-order valence-corrected chi connectivity index (χ0v) is 21.5. The van der Waals surface area contributed by atoms with E-state index in [-0.39, 0.29) is 17.3 Å². The third-order valence-corrected chi connectivity index (χ3v) is 8.73. The summed E-state index contributed by atoms with van der Waals surface area (Å²) in [5, 5.41) is 2.73. The van der Waals surface area contributed by atoms with E-state index in [1.54, 1.807) is 0 Å². The standard InChI is InChI=1S/C36H29N/c1-36(2,3)22-17-18-27-29(19-22)37-30-20-28(21-11-5-4-6-12-21)34-31-23-13-7-9-15-25(23)32(35(34)33(27)30)26-16-10-8-14-24(26)31/h4-20,31-32,37H,1-3H3. The van der Waals surface area contributed by atoms with Crippen molar-refractivity contribution in [1.82, 2.24) is 4.98 Å². The molecule has 9 rings (SSSR count). The number of hydrogen-bond acceptors (Lipinski definition) is 0. The molecule has 0 amide bonds. The molecule has 1 heterocycles. The number of rotatable bonds is 1. The molecule has 0 saturated carbocycles. The van der Waals surface area contributed by atoms with Crippen molar-refractivity contribution < 1.29 is 0 Å². The first kappa shape index (κ1) is 21.0. The molecule has 3 aliphatic rings. The summed E-state index contributed by atoms with van der Waals surface area (Å²) in [6.07, 6.45) is 0. The van der Waals surface area contributed by atoms with Crippen LogP contribution >= 0.6 is 0 Å². The van der Waals surface area contributed by atoms with Crippen LogP contribution < -0.4 is 0 Å². The Kier molecular flexibility index (Phi) is 4.11. The van der Waals surface area contributed by atoms with Crippen LogP contribution in [0.5, 0.6) is 0 Å². The van der Waals surface area contributed by atoms with E-state index in [0.29, 0.717) is 0 Å². The van der Waals surface area contributed by atoms with Gasteiger partial charge < -0.3 is 4.98 Å². The van der Waals surface area contributed by atoms with Crippen LogP contribution in [0.2, 0.25) is 0 Å². The highest BCUT2D eigenvalue weighted by Crippen LogP contribution is 2.60. The summed E-state index contributed by atoms with van der Waals surface area (Å²) >= 11 is 0. The first-order valence-corrected chi connectivity index (χ1v) is 13.4. The molecular weight excluding hydrogens is 446 g/mol. The average molecular weight is 476 g/mol. The van der Waals surface area contributed by atoms with Gasteiger partial charge in [0.2, 0.25) is 0 Å². The van der Waals surface area contributed by atoms with E-state index in [9.17, 15) is 0 Å². The van der Waals surface area contributed by atoms with Crippen LogP contribution in [-0.4, -0.2) is 4.98 Å². The van der Waals surface area contributed by atoms with Gasteiger partial charge in [0.25, 0.3) is 0 Å². The average Bonchev–Trinajstić information content (AvgIpc) is 3.30. The highest BCUT2D eigenvalue weighted by molar-refractivity contribution is 6.12. The number of fused-ring (bicyclic) bond motifs is 3. The largest absolute Gasteiger partial charge is 0.354 e. The van der Waals surface area contributed by atoms with Gasteiger partial charge in [0.15, 0.2) is 0 Å². The van der Waals surface area contributed by atoms with Gasteiger partial charge in [-0.05, 0) is 67.6 Å². The number of hydrogen-bond donors (Lipinski definition) is 1. The zero-order chi connectivity index (χ0) is 24.9. The number of nitrogens with one attached hydrogen (secondary N) is 1. The van der Waals surface area contributed by atoms with Crippen LogP contribution in [0.15, 0.2) is 103 Å². The second-order valence-electron chi connectivity index (χ2n) is 11.8. The number of aromatic amines is 1. The van der Waals surface area contributed by atoms with Crippen LogP contribution in [0, 0.1) is 0 Å². The third kappa shape index (κ3) is 2.80. The SMILES string of the molecule is CC(C)(C)c1ccc2c(c1)[nH]c1cc(-c3ccccc3)c3c(c12)C1c2ccccc2C3c2ccccc21. The molecule has 0 spiro atoms. The molecule has 1 N–H and O–H groups in total. The molecule has 1 aromatic heterocycles. The van der Waals surface area contributed by atoms with Gasteiger partial charge in [0.1, 0.15) is 0 Å². The Labute approximate surface area is 217 Å². The van der Waals surface area contributed by atoms with Crippen molar-refractivity contribution >= 4 is 21.8 Å². The third-order valence-electron chi connectivity index (χ3n) is 8.73. The fourth-order valence-electron chi connectivity index (χ4n) is 7.08. The molecule has 0 saturated heterocycles. The van der Waals surface area contributed by atoms with Gasteiger partial charge in [-0.3, -0.25) is 0 Å². The predicted octanol–water partition coefficient (Wildman–Crippen LogP) is 9.27. The molecule has 0 atom stereocenters. The lowest BCUT2D eigenvalue weighted by Gasteiger charge is -2.43. The molecular formula is C36H29N. The summed E-state index contributed by atoms with van der Waals surface area (Å²) < 4.78 is 0. The minimum absolute atomic E-state index is 0.108. The lowest BCUT2D eigenvalue weighted by atomic mass is 9.59. The van der Waals surface area contributed by atoms with Gasteiger partial charge >= 0.3 is 0 Å². The Hall–Kier alpha value is -4.10. The van der Waals surface area contributed by atoms with Gasteiger partial charge in [-0.1, -0.05) is 112 Å². The summed E-state index contributed by atoms with van der Waals surface area (Å²) in [6.45, 7) is 6.87.